The van der Waals surface area contributed by atoms with Crippen molar-refractivity contribution in [3.8, 4) is 6.07 Å². The molecule has 2 aromatic rings. The first-order valence-corrected chi connectivity index (χ1v) is 6.01. The molecule has 0 fully saturated rings. The lowest BCUT2D eigenvalue weighted by atomic mass is 10.2. The minimum absolute atomic E-state index is 0.122. The van der Waals surface area contributed by atoms with Crippen LogP contribution in [-0.4, -0.2) is 10.9 Å². The van der Waals surface area contributed by atoms with Gasteiger partial charge >= 0.3 is 0 Å². The lowest BCUT2D eigenvalue weighted by Gasteiger charge is -2.07. The number of hydrogen-bond donors (Lipinski definition) is 1. The first-order valence-electron chi connectivity index (χ1n) is 5.21. The average Bonchev–Trinajstić information content (AvgIpc) is 2.41. The molecule has 0 radical (unpaired) electrons. The van der Waals surface area contributed by atoms with Gasteiger partial charge in [0.1, 0.15) is 5.82 Å². The molecule has 19 heavy (non-hydrogen) atoms. The maximum atomic E-state index is 13.0. The van der Waals surface area contributed by atoms with Crippen molar-refractivity contribution in [2.24, 2.45) is 0 Å². The zero-order chi connectivity index (χ0) is 13.8. The number of nitriles is 1. The van der Waals surface area contributed by atoms with E-state index in [0.29, 0.717) is 15.7 Å². The molecule has 0 saturated carbocycles. The Morgan fingerprint density at radius 1 is 1.37 bits per heavy atom. The number of nitrogens with zero attached hydrogens (tertiary/aromatic N) is 2. The number of hydrogen-bond acceptors (Lipinski definition) is 3. The van der Waals surface area contributed by atoms with Crippen LogP contribution in [0.25, 0.3) is 0 Å². The molecule has 2 rings (SSSR count). The van der Waals surface area contributed by atoms with Crippen LogP contribution in [0.1, 0.15) is 15.9 Å². The molecule has 1 amide bonds. The summed E-state index contributed by atoms with van der Waals surface area (Å²) in [5.41, 5.74) is 1.09. The molecule has 1 heterocycles. The van der Waals surface area contributed by atoms with Gasteiger partial charge in [-0.1, -0.05) is 0 Å². The number of halogens is 2. The van der Waals surface area contributed by atoms with Gasteiger partial charge in [-0.05, 0) is 40.2 Å². The summed E-state index contributed by atoms with van der Waals surface area (Å²) in [4.78, 5) is 15.5. The third kappa shape index (κ3) is 3.14. The lowest BCUT2D eigenvalue weighted by molar-refractivity contribution is 0.102. The molecule has 6 heteroatoms. The summed E-state index contributed by atoms with van der Waals surface area (Å²) in [6.07, 6.45) is 2.30. The molecule has 0 bridgehead atoms. The zero-order valence-corrected chi connectivity index (χ0v) is 11.1. The van der Waals surface area contributed by atoms with Crippen LogP contribution in [0, 0.1) is 17.1 Å². The van der Waals surface area contributed by atoms with Gasteiger partial charge in [0.15, 0.2) is 0 Å². The van der Waals surface area contributed by atoms with Crippen LogP contribution >= 0.6 is 15.9 Å². The highest BCUT2D eigenvalue weighted by Gasteiger charge is 2.10. The third-order valence-electron chi connectivity index (χ3n) is 2.31. The lowest BCUT2D eigenvalue weighted by Crippen LogP contribution is -2.12. The summed E-state index contributed by atoms with van der Waals surface area (Å²) in [6, 6.07) is 7.83. The predicted molar refractivity (Wildman–Crippen MR) is 71.0 cm³/mol. The number of aromatic nitrogens is 1. The average molecular weight is 320 g/mol. The molecule has 0 aliphatic rings. The number of pyridine rings is 1. The van der Waals surface area contributed by atoms with Crippen LogP contribution in [0.15, 0.2) is 41.1 Å². The van der Waals surface area contributed by atoms with Gasteiger partial charge in [-0.3, -0.25) is 9.78 Å². The molecule has 0 spiro atoms. The highest BCUT2D eigenvalue weighted by molar-refractivity contribution is 9.10. The van der Waals surface area contributed by atoms with Crippen LogP contribution in [0.5, 0.6) is 0 Å². The monoisotopic (exact) mass is 319 g/mol. The fourth-order valence-corrected chi connectivity index (χ4v) is 1.89. The second kappa shape index (κ2) is 5.59. The van der Waals surface area contributed by atoms with Crippen LogP contribution in [0.2, 0.25) is 0 Å². The van der Waals surface area contributed by atoms with Crippen LogP contribution in [0.3, 0.4) is 0 Å². The minimum atomic E-state index is -0.577. The van der Waals surface area contributed by atoms with Crippen molar-refractivity contribution in [3.05, 3.63) is 58.1 Å². The first kappa shape index (κ1) is 13.2. The molecular formula is C13H7BrFN3O. The number of amides is 1. The highest BCUT2D eigenvalue weighted by Crippen LogP contribution is 2.23. The molecule has 1 aromatic carbocycles. The maximum Gasteiger partial charge on any atom is 0.257 e. The van der Waals surface area contributed by atoms with Crippen molar-refractivity contribution in [3.63, 3.8) is 0 Å². The van der Waals surface area contributed by atoms with Gasteiger partial charge in [0.2, 0.25) is 0 Å². The standard InChI is InChI=1S/C13H7BrFN3O/c14-11-3-8(5-16)1-2-12(11)18-13(19)9-4-10(15)7-17-6-9/h1-4,6-7H,(H,18,19). The number of anilines is 1. The number of carbonyl (C=O) groups excluding carboxylic acids is 1. The van der Waals surface area contributed by atoms with E-state index in [0.717, 1.165) is 12.3 Å². The Hall–Kier alpha value is -2.26. The summed E-state index contributed by atoms with van der Waals surface area (Å²) in [7, 11) is 0. The van der Waals surface area contributed by atoms with Gasteiger partial charge in [-0.25, -0.2) is 4.39 Å². The Kier molecular flexibility index (Phi) is 3.88. The molecule has 1 N–H and O–H groups in total. The predicted octanol–water partition coefficient (Wildman–Crippen LogP) is 3.11. The summed E-state index contributed by atoms with van der Waals surface area (Å²) in [5, 5.41) is 11.3. The fourth-order valence-electron chi connectivity index (χ4n) is 1.42. The molecule has 0 aliphatic heterocycles. The third-order valence-corrected chi connectivity index (χ3v) is 2.97. The topological polar surface area (TPSA) is 65.8 Å². The van der Waals surface area contributed by atoms with E-state index in [1.807, 2.05) is 6.07 Å². The van der Waals surface area contributed by atoms with Gasteiger partial charge in [-0.2, -0.15) is 5.26 Å². The summed E-state index contributed by atoms with van der Waals surface area (Å²) >= 11 is 3.25. The van der Waals surface area contributed by atoms with Crippen molar-refractivity contribution in [2.45, 2.75) is 0 Å². The number of benzene rings is 1. The molecule has 0 aliphatic carbocycles. The zero-order valence-electron chi connectivity index (χ0n) is 9.52. The first-order chi connectivity index (χ1) is 9.10. The van der Waals surface area contributed by atoms with Gasteiger partial charge in [0.05, 0.1) is 29.1 Å². The number of carbonyl (C=O) groups is 1. The number of rotatable bonds is 2. The van der Waals surface area contributed by atoms with E-state index in [-0.39, 0.29) is 5.56 Å². The normalized spacial score (nSPS) is 9.74. The van der Waals surface area contributed by atoms with E-state index in [1.165, 1.54) is 6.20 Å². The molecule has 94 valence electrons. The van der Waals surface area contributed by atoms with Crippen molar-refractivity contribution in [1.29, 1.82) is 5.26 Å². The van der Waals surface area contributed by atoms with E-state index < -0.39 is 11.7 Å². The van der Waals surface area contributed by atoms with Gasteiger partial charge in [0.25, 0.3) is 5.91 Å². The Bertz CT molecular complexity index is 682. The molecule has 0 atom stereocenters. The van der Waals surface area contributed by atoms with Crippen LogP contribution in [-0.2, 0) is 0 Å². The minimum Gasteiger partial charge on any atom is -0.321 e. The second-order valence-corrected chi connectivity index (χ2v) is 4.51. The Balaban J connectivity index is 2.22. The van der Waals surface area contributed by atoms with Gasteiger partial charge in [-0.15, -0.1) is 0 Å². The summed E-state index contributed by atoms with van der Waals surface area (Å²) < 4.78 is 13.5. The maximum absolute atomic E-state index is 13.0. The quantitative estimate of drug-likeness (QED) is 0.924. The molecule has 0 unspecified atom stereocenters. The molecule has 4 nitrogen and oxygen atoms in total. The highest BCUT2D eigenvalue weighted by atomic mass is 79.9. The van der Waals surface area contributed by atoms with Crippen LogP contribution in [0.4, 0.5) is 10.1 Å². The number of nitrogens with one attached hydrogen (secondary N) is 1. The fraction of sp³-hybridized carbons (Fsp3) is 0. The van der Waals surface area contributed by atoms with Crippen molar-refractivity contribution in [1.82, 2.24) is 4.98 Å². The molecular weight excluding hydrogens is 313 g/mol. The largest absolute Gasteiger partial charge is 0.321 e. The Morgan fingerprint density at radius 2 is 2.16 bits per heavy atom. The summed E-state index contributed by atoms with van der Waals surface area (Å²) in [5.74, 6) is -1.05. The van der Waals surface area contributed by atoms with E-state index >= 15 is 0 Å². The van der Waals surface area contributed by atoms with Crippen molar-refractivity contribution < 1.29 is 9.18 Å². The Morgan fingerprint density at radius 3 is 2.79 bits per heavy atom. The van der Waals surface area contributed by atoms with Crippen molar-refractivity contribution >= 4 is 27.5 Å². The van der Waals surface area contributed by atoms with Crippen LogP contribution < -0.4 is 5.32 Å². The molecule has 1 aromatic heterocycles. The second-order valence-electron chi connectivity index (χ2n) is 3.65. The van der Waals surface area contributed by atoms with Crippen molar-refractivity contribution in [2.75, 3.05) is 5.32 Å². The van der Waals surface area contributed by atoms with E-state index in [4.69, 9.17) is 5.26 Å². The summed E-state index contributed by atoms with van der Waals surface area (Å²) in [6.45, 7) is 0. The Labute approximate surface area is 117 Å². The van der Waals surface area contributed by atoms with Gasteiger partial charge < -0.3 is 5.32 Å². The SMILES string of the molecule is N#Cc1ccc(NC(=O)c2cncc(F)c2)c(Br)c1. The van der Waals surface area contributed by atoms with Gasteiger partial charge in [0, 0.05) is 10.7 Å². The van der Waals surface area contributed by atoms with E-state index in [1.54, 1.807) is 18.2 Å². The van der Waals surface area contributed by atoms with E-state index in [2.05, 4.69) is 26.2 Å². The molecule has 0 saturated heterocycles. The van der Waals surface area contributed by atoms with E-state index in [9.17, 15) is 9.18 Å². The smallest absolute Gasteiger partial charge is 0.257 e.